The van der Waals surface area contributed by atoms with Gasteiger partial charge in [-0.3, -0.25) is 4.79 Å². The Morgan fingerprint density at radius 3 is 2.47 bits per heavy atom. The summed E-state index contributed by atoms with van der Waals surface area (Å²) < 4.78 is 10.4. The van der Waals surface area contributed by atoms with Crippen molar-refractivity contribution in [2.24, 2.45) is 5.73 Å². The molecule has 0 radical (unpaired) electrons. The fourth-order valence-electron chi connectivity index (χ4n) is 2.91. The molecule has 3 rings (SSSR count). The Labute approximate surface area is 173 Å². The van der Waals surface area contributed by atoms with Gasteiger partial charge in [-0.25, -0.2) is 9.78 Å². The summed E-state index contributed by atoms with van der Waals surface area (Å²) >= 11 is 0. The first-order chi connectivity index (χ1) is 14.4. The number of Topliss-reactive ketones (excluding diaryl/α,β-unsaturated/α-hetero) is 1. The molecule has 0 aliphatic rings. The summed E-state index contributed by atoms with van der Waals surface area (Å²) in [4.78, 5) is 29.5. The van der Waals surface area contributed by atoms with Crippen LogP contribution < -0.4 is 10.5 Å². The van der Waals surface area contributed by atoms with Gasteiger partial charge in [-0.2, -0.15) is 5.26 Å². The molecule has 0 unspecified atom stereocenters. The van der Waals surface area contributed by atoms with E-state index in [1.165, 1.54) is 6.92 Å². The first-order valence-corrected chi connectivity index (χ1v) is 9.05. The minimum Gasteiger partial charge on any atom is -0.497 e. The van der Waals surface area contributed by atoms with Crippen molar-refractivity contribution < 1.29 is 19.1 Å². The highest BCUT2D eigenvalue weighted by molar-refractivity contribution is 6.06. The van der Waals surface area contributed by atoms with Crippen molar-refractivity contribution in [3.05, 3.63) is 71.4 Å². The summed E-state index contributed by atoms with van der Waals surface area (Å²) in [5.41, 5.74) is 7.63. The standard InChI is InChI=1S/C23H19N3O4/c1-14(25)19(12-24)22(27)13-30-23(28)18-11-21(15-7-9-16(29-2)10-8-15)26-20-6-4-3-5-17(18)20/h3-11H,13,25H2,1-2H3/b19-14+. The molecule has 0 fully saturated rings. The minimum absolute atomic E-state index is 0.0784. The molecule has 30 heavy (non-hydrogen) atoms. The number of ether oxygens (including phenoxy) is 2. The van der Waals surface area contributed by atoms with E-state index < -0.39 is 18.4 Å². The predicted molar refractivity (Wildman–Crippen MR) is 112 cm³/mol. The zero-order chi connectivity index (χ0) is 21.7. The van der Waals surface area contributed by atoms with Gasteiger partial charge in [0.15, 0.2) is 6.61 Å². The quantitative estimate of drug-likeness (QED) is 0.382. The lowest BCUT2D eigenvalue weighted by Gasteiger charge is -2.10. The molecule has 3 aromatic rings. The number of ketones is 1. The van der Waals surface area contributed by atoms with Gasteiger partial charge < -0.3 is 15.2 Å². The number of nitriles is 1. The van der Waals surface area contributed by atoms with Gasteiger partial charge in [0.1, 0.15) is 17.4 Å². The molecule has 2 N–H and O–H groups in total. The molecule has 0 atom stereocenters. The summed E-state index contributed by atoms with van der Waals surface area (Å²) in [6.07, 6.45) is 0. The molecule has 0 aliphatic carbocycles. The van der Waals surface area contributed by atoms with E-state index in [-0.39, 0.29) is 16.8 Å². The van der Waals surface area contributed by atoms with E-state index in [1.807, 2.05) is 18.2 Å². The summed E-state index contributed by atoms with van der Waals surface area (Å²) in [6, 6.07) is 17.8. The Morgan fingerprint density at radius 2 is 1.83 bits per heavy atom. The van der Waals surface area contributed by atoms with Gasteiger partial charge in [-0.05, 0) is 43.3 Å². The van der Waals surface area contributed by atoms with Crippen LogP contribution in [-0.2, 0) is 9.53 Å². The number of fused-ring (bicyclic) bond motifs is 1. The van der Waals surface area contributed by atoms with Crippen LogP contribution in [0.5, 0.6) is 5.75 Å². The Hall–Kier alpha value is -4.18. The van der Waals surface area contributed by atoms with Crippen LogP contribution in [0.15, 0.2) is 65.9 Å². The fraction of sp³-hybridized carbons (Fsp3) is 0.130. The topological polar surface area (TPSA) is 115 Å². The molecule has 0 aliphatic heterocycles. The van der Waals surface area contributed by atoms with Crippen molar-refractivity contribution >= 4 is 22.7 Å². The molecule has 7 heteroatoms. The van der Waals surface area contributed by atoms with Gasteiger partial charge >= 0.3 is 5.97 Å². The number of para-hydroxylation sites is 1. The van der Waals surface area contributed by atoms with Gasteiger partial charge in [-0.15, -0.1) is 0 Å². The molecule has 0 spiro atoms. The lowest BCUT2D eigenvalue weighted by Crippen LogP contribution is -2.18. The number of hydrogen-bond acceptors (Lipinski definition) is 7. The van der Waals surface area contributed by atoms with Crippen molar-refractivity contribution in [1.29, 1.82) is 5.26 Å². The van der Waals surface area contributed by atoms with Crippen molar-refractivity contribution in [1.82, 2.24) is 4.98 Å². The van der Waals surface area contributed by atoms with Crippen LogP contribution in [-0.4, -0.2) is 30.5 Å². The number of rotatable bonds is 6. The summed E-state index contributed by atoms with van der Waals surface area (Å²) in [5.74, 6) is -0.641. The highest BCUT2D eigenvalue weighted by Gasteiger charge is 2.18. The maximum atomic E-state index is 12.8. The smallest absolute Gasteiger partial charge is 0.339 e. The molecule has 0 saturated heterocycles. The molecule has 7 nitrogen and oxygen atoms in total. The van der Waals surface area contributed by atoms with Gasteiger partial charge in [0.05, 0.1) is 23.9 Å². The summed E-state index contributed by atoms with van der Waals surface area (Å²) in [5, 5.41) is 9.62. The minimum atomic E-state index is -0.691. The number of nitrogens with zero attached hydrogens (tertiary/aromatic N) is 2. The van der Waals surface area contributed by atoms with Gasteiger partial charge in [0.2, 0.25) is 5.78 Å². The molecule has 1 heterocycles. The van der Waals surface area contributed by atoms with Crippen LogP contribution in [0.1, 0.15) is 17.3 Å². The predicted octanol–water partition coefficient (Wildman–Crippen LogP) is 3.39. The Kier molecular flexibility index (Phi) is 6.08. The molecule has 150 valence electrons. The molecule has 0 amide bonds. The number of methoxy groups -OCH3 is 1. The molecular weight excluding hydrogens is 382 g/mol. The number of benzene rings is 2. The van der Waals surface area contributed by atoms with Crippen molar-refractivity contribution in [2.75, 3.05) is 13.7 Å². The van der Waals surface area contributed by atoms with E-state index in [2.05, 4.69) is 4.98 Å². The van der Waals surface area contributed by atoms with Crippen molar-refractivity contribution in [2.45, 2.75) is 6.92 Å². The van der Waals surface area contributed by atoms with Crippen LogP contribution in [0, 0.1) is 11.3 Å². The SMILES string of the molecule is COc1ccc(-c2cc(C(=O)OCC(=O)/C(C#N)=C(\C)N)c3ccccc3n2)cc1. The lowest BCUT2D eigenvalue weighted by atomic mass is 10.0. The van der Waals surface area contributed by atoms with E-state index in [4.69, 9.17) is 20.5 Å². The Bertz CT molecular complexity index is 1190. The average Bonchev–Trinajstić information content (AvgIpc) is 2.77. The van der Waals surface area contributed by atoms with Gasteiger partial charge in [0.25, 0.3) is 0 Å². The van der Waals surface area contributed by atoms with E-state index in [0.29, 0.717) is 22.3 Å². The van der Waals surface area contributed by atoms with E-state index in [0.717, 1.165) is 5.56 Å². The lowest BCUT2D eigenvalue weighted by molar-refractivity contribution is -0.118. The van der Waals surface area contributed by atoms with Crippen LogP contribution in [0.2, 0.25) is 0 Å². The number of esters is 1. The van der Waals surface area contributed by atoms with Gasteiger partial charge in [-0.1, -0.05) is 18.2 Å². The van der Waals surface area contributed by atoms with Crippen LogP contribution in [0.4, 0.5) is 0 Å². The molecule has 0 bridgehead atoms. The number of hydrogen-bond donors (Lipinski definition) is 1. The van der Waals surface area contributed by atoms with E-state index in [9.17, 15) is 9.59 Å². The molecule has 1 aromatic heterocycles. The first kappa shape index (κ1) is 20.6. The van der Waals surface area contributed by atoms with Gasteiger partial charge in [0, 0.05) is 16.6 Å². The molecule has 0 saturated carbocycles. The first-order valence-electron chi connectivity index (χ1n) is 9.05. The number of allylic oxidation sites excluding steroid dienone is 1. The third-order valence-electron chi connectivity index (χ3n) is 4.44. The zero-order valence-electron chi connectivity index (χ0n) is 16.5. The van der Waals surface area contributed by atoms with Crippen molar-refractivity contribution in [3.63, 3.8) is 0 Å². The molecular formula is C23H19N3O4. The largest absolute Gasteiger partial charge is 0.497 e. The Morgan fingerprint density at radius 1 is 1.13 bits per heavy atom. The van der Waals surface area contributed by atoms with Crippen LogP contribution in [0.25, 0.3) is 22.2 Å². The van der Waals surface area contributed by atoms with Crippen LogP contribution in [0.3, 0.4) is 0 Å². The highest BCUT2D eigenvalue weighted by atomic mass is 16.5. The van der Waals surface area contributed by atoms with Crippen LogP contribution >= 0.6 is 0 Å². The third kappa shape index (κ3) is 4.28. The Balaban J connectivity index is 1.96. The second kappa shape index (κ2) is 8.88. The monoisotopic (exact) mass is 401 g/mol. The van der Waals surface area contributed by atoms with E-state index in [1.54, 1.807) is 49.6 Å². The second-order valence-corrected chi connectivity index (χ2v) is 6.47. The third-order valence-corrected chi connectivity index (χ3v) is 4.44. The maximum Gasteiger partial charge on any atom is 0.339 e. The fourth-order valence-corrected chi connectivity index (χ4v) is 2.91. The zero-order valence-corrected chi connectivity index (χ0v) is 16.5. The van der Waals surface area contributed by atoms with Crippen molar-refractivity contribution in [3.8, 4) is 23.1 Å². The number of nitrogens with two attached hydrogens (primary N) is 1. The number of carbonyl (C=O) groups is 2. The number of pyridine rings is 1. The molecule has 2 aromatic carbocycles. The second-order valence-electron chi connectivity index (χ2n) is 6.47. The summed E-state index contributed by atoms with van der Waals surface area (Å²) in [7, 11) is 1.58. The van der Waals surface area contributed by atoms with E-state index >= 15 is 0 Å². The normalized spacial score (nSPS) is 11.4. The maximum absolute atomic E-state index is 12.8. The number of aromatic nitrogens is 1. The number of carbonyl (C=O) groups excluding carboxylic acids is 2. The average molecular weight is 401 g/mol. The highest BCUT2D eigenvalue weighted by Crippen LogP contribution is 2.26. The summed E-state index contributed by atoms with van der Waals surface area (Å²) in [6.45, 7) is 0.862.